The number of rotatable bonds is 6. The van der Waals surface area contributed by atoms with Gasteiger partial charge in [-0.25, -0.2) is 4.39 Å². The average molecular weight is 258 g/mol. The summed E-state index contributed by atoms with van der Waals surface area (Å²) in [6, 6.07) is 3.73. The van der Waals surface area contributed by atoms with Crippen LogP contribution in [-0.4, -0.2) is 28.6 Å². The third kappa shape index (κ3) is 3.93. The fraction of sp³-hybridized carbons (Fsp3) is 0.417. The van der Waals surface area contributed by atoms with Gasteiger partial charge in [-0.1, -0.05) is 6.92 Å². The Morgan fingerprint density at radius 1 is 1.47 bits per heavy atom. The van der Waals surface area contributed by atoms with Crippen LogP contribution in [0.4, 0.5) is 4.39 Å². The first-order valence-corrected chi connectivity index (χ1v) is 6.79. The molecule has 0 aliphatic carbocycles. The Hall–Kier alpha value is -1.23. The van der Waals surface area contributed by atoms with Crippen LogP contribution in [-0.2, 0) is 10.8 Å². The summed E-state index contributed by atoms with van der Waals surface area (Å²) in [6.07, 6.45) is 0.750. The molecule has 0 aromatic heterocycles. The molecule has 0 spiro atoms. The molecule has 0 radical (unpaired) electrons. The normalized spacial score (nSPS) is 12.2. The van der Waals surface area contributed by atoms with Crippen LogP contribution in [0.25, 0.3) is 0 Å². The van der Waals surface area contributed by atoms with E-state index in [4.69, 9.17) is 4.74 Å². The lowest BCUT2D eigenvalue weighted by Gasteiger charge is -2.07. The van der Waals surface area contributed by atoms with Gasteiger partial charge in [0.2, 0.25) is 0 Å². The molecule has 0 aliphatic heterocycles. The molecule has 1 unspecified atom stereocenters. The zero-order valence-electron chi connectivity index (χ0n) is 9.86. The van der Waals surface area contributed by atoms with Gasteiger partial charge < -0.3 is 4.74 Å². The minimum Gasteiger partial charge on any atom is -0.496 e. The van der Waals surface area contributed by atoms with Crippen molar-refractivity contribution in [1.29, 1.82) is 0 Å². The molecule has 0 aliphatic rings. The van der Waals surface area contributed by atoms with Crippen molar-refractivity contribution in [2.24, 2.45) is 0 Å². The zero-order valence-corrected chi connectivity index (χ0v) is 10.7. The van der Waals surface area contributed by atoms with E-state index in [9.17, 15) is 13.4 Å². The van der Waals surface area contributed by atoms with Gasteiger partial charge in [0.15, 0.2) is 5.78 Å². The Morgan fingerprint density at radius 3 is 2.76 bits per heavy atom. The summed E-state index contributed by atoms with van der Waals surface area (Å²) in [5.41, 5.74) is 0.150. The van der Waals surface area contributed by atoms with E-state index in [0.29, 0.717) is 11.5 Å². The molecule has 5 heteroatoms. The number of hydrogen-bond acceptors (Lipinski definition) is 3. The summed E-state index contributed by atoms with van der Waals surface area (Å²) in [4.78, 5) is 11.8. The molecule has 0 amide bonds. The van der Waals surface area contributed by atoms with Gasteiger partial charge in [-0.2, -0.15) is 0 Å². The largest absolute Gasteiger partial charge is 0.496 e. The maximum atomic E-state index is 13.0. The van der Waals surface area contributed by atoms with E-state index in [1.165, 1.54) is 19.2 Å². The standard InChI is InChI=1S/C12H15FO3S/c1-3-6-17(15)8-11(14)10-7-9(13)4-5-12(10)16-2/h4-5,7H,3,6,8H2,1-2H3. The van der Waals surface area contributed by atoms with Crippen LogP contribution in [0.1, 0.15) is 23.7 Å². The zero-order chi connectivity index (χ0) is 12.8. The third-order valence-corrected chi connectivity index (χ3v) is 3.63. The van der Waals surface area contributed by atoms with E-state index < -0.39 is 16.6 Å². The van der Waals surface area contributed by atoms with Crippen LogP contribution in [0, 0.1) is 5.82 Å². The second-order valence-corrected chi connectivity index (χ2v) is 5.13. The highest BCUT2D eigenvalue weighted by Gasteiger charge is 2.15. The van der Waals surface area contributed by atoms with E-state index in [2.05, 4.69) is 0 Å². The Balaban J connectivity index is 2.87. The molecule has 1 atom stereocenters. The van der Waals surface area contributed by atoms with Gasteiger partial charge >= 0.3 is 0 Å². The molecule has 0 saturated heterocycles. The lowest BCUT2D eigenvalue weighted by molar-refractivity contribution is 0.101. The van der Waals surface area contributed by atoms with E-state index >= 15 is 0 Å². The molecule has 0 fully saturated rings. The molecule has 1 aromatic rings. The Kier molecular flexibility index (Phi) is 5.28. The van der Waals surface area contributed by atoms with Gasteiger partial charge in [-0.05, 0) is 24.6 Å². The topological polar surface area (TPSA) is 43.4 Å². The third-order valence-electron chi connectivity index (χ3n) is 2.19. The van der Waals surface area contributed by atoms with Crippen LogP contribution in [0.5, 0.6) is 5.75 Å². The van der Waals surface area contributed by atoms with Crippen LogP contribution >= 0.6 is 0 Å². The Bertz CT molecular complexity index is 432. The quantitative estimate of drug-likeness (QED) is 0.734. The molecular weight excluding hydrogens is 243 g/mol. The molecular formula is C12H15FO3S. The highest BCUT2D eigenvalue weighted by Crippen LogP contribution is 2.20. The van der Waals surface area contributed by atoms with E-state index in [1.807, 2.05) is 6.92 Å². The van der Waals surface area contributed by atoms with E-state index in [1.54, 1.807) is 0 Å². The molecule has 3 nitrogen and oxygen atoms in total. The summed E-state index contributed by atoms with van der Waals surface area (Å²) >= 11 is 0. The second-order valence-electron chi connectivity index (χ2n) is 3.56. The summed E-state index contributed by atoms with van der Waals surface area (Å²) in [7, 11) is 0.215. The number of hydrogen-bond donors (Lipinski definition) is 0. The molecule has 0 saturated carbocycles. The van der Waals surface area contributed by atoms with Crippen molar-refractivity contribution in [1.82, 2.24) is 0 Å². The minimum atomic E-state index is -1.20. The predicted octanol–water partition coefficient (Wildman–Crippen LogP) is 2.18. The minimum absolute atomic E-state index is 0.0896. The van der Waals surface area contributed by atoms with Crippen LogP contribution in [0.2, 0.25) is 0 Å². The maximum Gasteiger partial charge on any atom is 0.179 e. The number of halogens is 1. The summed E-state index contributed by atoms with van der Waals surface area (Å²) in [6.45, 7) is 1.89. The van der Waals surface area contributed by atoms with Gasteiger partial charge in [0.1, 0.15) is 11.6 Å². The smallest absolute Gasteiger partial charge is 0.179 e. The number of benzene rings is 1. The van der Waals surface area contributed by atoms with Gasteiger partial charge in [-0.3, -0.25) is 9.00 Å². The van der Waals surface area contributed by atoms with Crippen molar-refractivity contribution in [2.45, 2.75) is 13.3 Å². The van der Waals surface area contributed by atoms with Crippen molar-refractivity contribution < 1.29 is 18.1 Å². The molecule has 0 heterocycles. The van der Waals surface area contributed by atoms with Gasteiger partial charge in [0.05, 0.1) is 18.4 Å². The monoisotopic (exact) mass is 258 g/mol. The SMILES string of the molecule is CCCS(=O)CC(=O)c1cc(F)ccc1OC. The fourth-order valence-electron chi connectivity index (χ4n) is 1.42. The lowest BCUT2D eigenvalue weighted by atomic mass is 10.1. The van der Waals surface area contributed by atoms with E-state index in [-0.39, 0.29) is 17.1 Å². The van der Waals surface area contributed by atoms with Crippen molar-refractivity contribution in [3.63, 3.8) is 0 Å². The summed E-state index contributed by atoms with van der Waals surface area (Å²) in [5.74, 6) is -0.162. The van der Waals surface area contributed by atoms with Crippen LogP contribution in [0.15, 0.2) is 18.2 Å². The van der Waals surface area contributed by atoms with Crippen LogP contribution in [0.3, 0.4) is 0 Å². The second kappa shape index (κ2) is 6.49. The first-order valence-electron chi connectivity index (χ1n) is 5.30. The highest BCUT2D eigenvalue weighted by atomic mass is 32.2. The predicted molar refractivity (Wildman–Crippen MR) is 65.4 cm³/mol. The molecule has 17 heavy (non-hydrogen) atoms. The van der Waals surface area contributed by atoms with Crippen molar-refractivity contribution in [3.05, 3.63) is 29.6 Å². The van der Waals surface area contributed by atoms with Gasteiger partial charge in [0.25, 0.3) is 0 Å². The number of ether oxygens (including phenoxy) is 1. The molecule has 1 rings (SSSR count). The van der Waals surface area contributed by atoms with Crippen molar-refractivity contribution in [2.75, 3.05) is 18.6 Å². The molecule has 0 bridgehead atoms. The lowest BCUT2D eigenvalue weighted by Crippen LogP contribution is -2.14. The fourth-order valence-corrected chi connectivity index (χ4v) is 2.47. The summed E-state index contributed by atoms with van der Waals surface area (Å²) < 4.78 is 29.5. The number of Topliss-reactive ketones (excluding diaryl/α,β-unsaturated/α-hetero) is 1. The van der Waals surface area contributed by atoms with Crippen LogP contribution < -0.4 is 4.74 Å². The molecule has 94 valence electrons. The Labute approximate surface area is 102 Å². The number of carbonyl (C=O) groups excluding carboxylic acids is 1. The number of methoxy groups -OCH3 is 1. The van der Waals surface area contributed by atoms with Crippen molar-refractivity contribution >= 4 is 16.6 Å². The molecule has 1 aromatic carbocycles. The van der Waals surface area contributed by atoms with Gasteiger partial charge in [-0.15, -0.1) is 0 Å². The highest BCUT2D eigenvalue weighted by molar-refractivity contribution is 7.85. The first kappa shape index (κ1) is 13.8. The van der Waals surface area contributed by atoms with Crippen molar-refractivity contribution in [3.8, 4) is 5.75 Å². The molecule has 0 N–H and O–H groups in total. The van der Waals surface area contributed by atoms with E-state index in [0.717, 1.165) is 12.5 Å². The summed E-state index contributed by atoms with van der Waals surface area (Å²) in [5, 5.41) is 0. The van der Waals surface area contributed by atoms with Gasteiger partial charge in [0, 0.05) is 16.6 Å². The maximum absolute atomic E-state index is 13.0. The first-order chi connectivity index (χ1) is 8.08. The average Bonchev–Trinajstić information content (AvgIpc) is 2.29. The Morgan fingerprint density at radius 2 is 2.18 bits per heavy atom. The number of carbonyl (C=O) groups is 1. The number of ketones is 1.